The number of hydrogen-bond acceptors (Lipinski definition) is 4. The molecule has 0 bridgehead atoms. The highest BCUT2D eigenvalue weighted by Crippen LogP contribution is 2.31. The zero-order valence-electron chi connectivity index (χ0n) is 10.7. The second-order valence-corrected chi connectivity index (χ2v) is 5.23. The van der Waals surface area contributed by atoms with Gasteiger partial charge in [-0.05, 0) is 29.7 Å². The fraction of sp³-hybridized carbons (Fsp3) is 0.462. The van der Waals surface area contributed by atoms with Crippen LogP contribution in [0.1, 0.15) is 18.9 Å². The SMILES string of the molecule is CC(CS)CN1C(=O)CCc2cc([N+](=O)[O-])ccc21. The van der Waals surface area contributed by atoms with E-state index in [1.807, 2.05) is 6.92 Å². The lowest BCUT2D eigenvalue weighted by molar-refractivity contribution is -0.384. The molecule has 1 atom stereocenters. The Kier molecular flexibility index (Phi) is 4.09. The first kappa shape index (κ1) is 13.9. The van der Waals surface area contributed by atoms with Crippen LogP contribution in [0.25, 0.3) is 0 Å². The Hall–Kier alpha value is -1.56. The third-order valence-corrected chi connectivity index (χ3v) is 3.90. The number of benzene rings is 1. The topological polar surface area (TPSA) is 63.5 Å². The molecule has 5 nitrogen and oxygen atoms in total. The molecule has 102 valence electrons. The number of anilines is 1. The number of carbonyl (C=O) groups excluding carboxylic acids is 1. The van der Waals surface area contributed by atoms with E-state index < -0.39 is 4.92 Å². The number of non-ortho nitro benzene ring substituents is 1. The lowest BCUT2D eigenvalue weighted by Gasteiger charge is -2.31. The minimum atomic E-state index is -0.405. The van der Waals surface area contributed by atoms with Gasteiger partial charge in [0.25, 0.3) is 5.69 Å². The quantitative estimate of drug-likeness (QED) is 0.523. The van der Waals surface area contributed by atoms with E-state index in [0.717, 1.165) is 11.3 Å². The van der Waals surface area contributed by atoms with Crippen molar-refractivity contribution < 1.29 is 9.72 Å². The molecular formula is C13H16N2O3S. The van der Waals surface area contributed by atoms with Crippen LogP contribution >= 0.6 is 12.6 Å². The third-order valence-electron chi connectivity index (χ3n) is 3.28. The Morgan fingerprint density at radius 3 is 2.84 bits per heavy atom. The maximum absolute atomic E-state index is 12.0. The van der Waals surface area contributed by atoms with Crippen LogP contribution in [0.5, 0.6) is 0 Å². The molecular weight excluding hydrogens is 264 g/mol. The van der Waals surface area contributed by atoms with Crippen molar-refractivity contribution in [2.75, 3.05) is 17.2 Å². The largest absolute Gasteiger partial charge is 0.312 e. The monoisotopic (exact) mass is 280 g/mol. The van der Waals surface area contributed by atoms with Crippen molar-refractivity contribution in [2.24, 2.45) is 5.92 Å². The Bertz CT molecular complexity index is 519. The number of fused-ring (bicyclic) bond motifs is 1. The number of carbonyl (C=O) groups is 1. The van der Waals surface area contributed by atoms with E-state index in [-0.39, 0.29) is 17.5 Å². The van der Waals surface area contributed by atoms with E-state index in [1.54, 1.807) is 17.0 Å². The third kappa shape index (κ3) is 2.89. The number of thiol groups is 1. The molecule has 19 heavy (non-hydrogen) atoms. The average Bonchev–Trinajstić information content (AvgIpc) is 2.41. The molecule has 1 aliphatic rings. The van der Waals surface area contributed by atoms with Crippen molar-refractivity contribution in [3.8, 4) is 0 Å². The van der Waals surface area contributed by atoms with E-state index in [9.17, 15) is 14.9 Å². The van der Waals surface area contributed by atoms with Gasteiger partial charge in [0, 0.05) is 30.8 Å². The summed E-state index contributed by atoms with van der Waals surface area (Å²) >= 11 is 4.23. The number of hydrogen-bond donors (Lipinski definition) is 1. The Balaban J connectivity index is 2.33. The zero-order chi connectivity index (χ0) is 14.0. The van der Waals surface area contributed by atoms with Crippen LogP contribution in [0.4, 0.5) is 11.4 Å². The van der Waals surface area contributed by atoms with Gasteiger partial charge >= 0.3 is 0 Å². The maximum Gasteiger partial charge on any atom is 0.269 e. The summed E-state index contributed by atoms with van der Waals surface area (Å²) in [6, 6.07) is 4.70. The van der Waals surface area contributed by atoms with E-state index >= 15 is 0 Å². The molecule has 1 aliphatic heterocycles. The van der Waals surface area contributed by atoms with Crippen LogP contribution in [0, 0.1) is 16.0 Å². The smallest absolute Gasteiger partial charge is 0.269 e. The van der Waals surface area contributed by atoms with Crippen LogP contribution in [0.2, 0.25) is 0 Å². The number of nitro benzene ring substituents is 1. The second kappa shape index (κ2) is 5.61. The molecule has 1 heterocycles. The summed E-state index contributed by atoms with van der Waals surface area (Å²) < 4.78 is 0. The van der Waals surface area contributed by atoms with Crippen LogP contribution in [0.3, 0.4) is 0 Å². The summed E-state index contributed by atoms with van der Waals surface area (Å²) in [4.78, 5) is 24.1. The fourth-order valence-corrected chi connectivity index (χ4v) is 2.34. The standard InChI is InChI=1S/C13H16N2O3S/c1-9(8-19)7-14-12-4-3-11(15(17)18)6-10(12)2-5-13(14)16/h3-4,6,9,19H,2,5,7-8H2,1H3. The molecule has 0 fully saturated rings. The van der Waals surface area contributed by atoms with Gasteiger partial charge in [-0.1, -0.05) is 6.92 Å². The van der Waals surface area contributed by atoms with E-state index in [0.29, 0.717) is 25.1 Å². The average molecular weight is 280 g/mol. The highest BCUT2D eigenvalue weighted by atomic mass is 32.1. The van der Waals surface area contributed by atoms with Gasteiger partial charge in [0.2, 0.25) is 5.91 Å². The molecule has 6 heteroatoms. The minimum absolute atomic E-state index is 0.0787. The van der Waals surface area contributed by atoms with Gasteiger partial charge in [-0.15, -0.1) is 0 Å². The maximum atomic E-state index is 12.0. The minimum Gasteiger partial charge on any atom is -0.312 e. The summed E-state index contributed by atoms with van der Waals surface area (Å²) in [5.74, 6) is 1.06. The Morgan fingerprint density at radius 1 is 1.47 bits per heavy atom. The van der Waals surface area contributed by atoms with Gasteiger partial charge in [-0.2, -0.15) is 12.6 Å². The van der Waals surface area contributed by atoms with Crippen LogP contribution in [-0.2, 0) is 11.2 Å². The van der Waals surface area contributed by atoms with Crippen molar-refractivity contribution in [3.05, 3.63) is 33.9 Å². The molecule has 1 aromatic rings. The first-order chi connectivity index (χ1) is 9.02. The highest BCUT2D eigenvalue weighted by molar-refractivity contribution is 7.80. The van der Waals surface area contributed by atoms with E-state index in [4.69, 9.17) is 0 Å². The van der Waals surface area contributed by atoms with Crippen LogP contribution in [0.15, 0.2) is 18.2 Å². The van der Waals surface area contributed by atoms with Gasteiger partial charge in [0.05, 0.1) is 4.92 Å². The molecule has 1 unspecified atom stereocenters. The van der Waals surface area contributed by atoms with Gasteiger partial charge in [0.1, 0.15) is 0 Å². The number of nitro groups is 1. The van der Waals surface area contributed by atoms with Crippen molar-refractivity contribution in [2.45, 2.75) is 19.8 Å². The van der Waals surface area contributed by atoms with Gasteiger partial charge in [-0.3, -0.25) is 14.9 Å². The Labute approximate surface area is 117 Å². The summed E-state index contributed by atoms with van der Waals surface area (Å²) in [5.41, 5.74) is 1.76. The molecule has 0 saturated carbocycles. The molecule has 0 spiro atoms. The predicted molar refractivity (Wildman–Crippen MR) is 76.8 cm³/mol. The molecule has 1 aromatic carbocycles. The lowest BCUT2D eigenvalue weighted by Crippen LogP contribution is -2.38. The van der Waals surface area contributed by atoms with Crippen molar-refractivity contribution in [1.29, 1.82) is 0 Å². The molecule has 1 amide bonds. The number of nitrogens with zero attached hydrogens (tertiary/aromatic N) is 2. The summed E-state index contributed by atoms with van der Waals surface area (Å²) in [6.45, 7) is 2.63. The lowest BCUT2D eigenvalue weighted by atomic mass is 9.99. The number of amides is 1. The van der Waals surface area contributed by atoms with E-state index in [2.05, 4.69) is 12.6 Å². The molecule has 0 radical (unpaired) electrons. The second-order valence-electron chi connectivity index (χ2n) is 4.86. The summed E-state index contributed by atoms with van der Waals surface area (Å²) in [7, 11) is 0. The zero-order valence-corrected chi connectivity index (χ0v) is 11.6. The van der Waals surface area contributed by atoms with Crippen molar-refractivity contribution in [1.82, 2.24) is 0 Å². The predicted octanol–water partition coefficient (Wildman–Crippen LogP) is 2.44. The van der Waals surface area contributed by atoms with Crippen molar-refractivity contribution >= 4 is 29.9 Å². The normalized spacial score (nSPS) is 16.1. The molecule has 2 rings (SSSR count). The van der Waals surface area contributed by atoms with Crippen LogP contribution in [-0.4, -0.2) is 23.1 Å². The molecule has 0 N–H and O–H groups in total. The van der Waals surface area contributed by atoms with Gasteiger partial charge in [0.15, 0.2) is 0 Å². The summed E-state index contributed by atoms with van der Waals surface area (Å²) in [5, 5.41) is 10.8. The molecule has 0 aromatic heterocycles. The number of rotatable bonds is 4. The van der Waals surface area contributed by atoms with Gasteiger partial charge < -0.3 is 4.90 Å². The van der Waals surface area contributed by atoms with Crippen molar-refractivity contribution in [3.63, 3.8) is 0 Å². The molecule has 0 saturated heterocycles. The summed E-state index contributed by atoms with van der Waals surface area (Å²) in [6.07, 6.45) is 0.981. The fourth-order valence-electron chi connectivity index (χ4n) is 2.23. The first-order valence-electron chi connectivity index (χ1n) is 6.21. The highest BCUT2D eigenvalue weighted by Gasteiger charge is 2.26. The Morgan fingerprint density at radius 2 is 2.21 bits per heavy atom. The van der Waals surface area contributed by atoms with Crippen LogP contribution < -0.4 is 4.90 Å². The number of aryl methyl sites for hydroxylation is 1. The first-order valence-corrected chi connectivity index (χ1v) is 6.84. The molecule has 0 aliphatic carbocycles. The van der Waals surface area contributed by atoms with Gasteiger partial charge in [-0.25, -0.2) is 0 Å². The van der Waals surface area contributed by atoms with E-state index in [1.165, 1.54) is 6.07 Å².